The van der Waals surface area contributed by atoms with Crippen LogP contribution < -0.4 is 4.74 Å². The van der Waals surface area contributed by atoms with E-state index in [9.17, 15) is 4.79 Å². The van der Waals surface area contributed by atoms with E-state index < -0.39 is 0 Å². The van der Waals surface area contributed by atoms with Gasteiger partial charge in [0, 0.05) is 22.7 Å². The number of benzene rings is 2. The van der Waals surface area contributed by atoms with Crippen LogP contribution in [0.5, 0.6) is 5.75 Å². The largest absolute Gasteiger partial charge is 0.497 e. The Labute approximate surface area is 163 Å². The molecular formula is C23H22N2O3. The number of ether oxygens (including phenoxy) is 2. The molecule has 0 saturated carbocycles. The van der Waals surface area contributed by atoms with Crippen LogP contribution in [0.25, 0.3) is 27.5 Å². The van der Waals surface area contributed by atoms with Crippen LogP contribution in [0.15, 0.2) is 54.7 Å². The molecule has 0 fully saturated rings. The highest BCUT2D eigenvalue weighted by molar-refractivity contribution is 5.95. The number of aromatic nitrogens is 2. The molecule has 2 aromatic carbocycles. The molecule has 0 saturated heterocycles. The van der Waals surface area contributed by atoms with Gasteiger partial charge in [0.25, 0.3) is 0 Å². The molecule has 5 nitrogen and oxygen atoms in total. The summed E-state index contributed by atoms with van der Waals surface area (Å²) in [6, 6.07) is 16.0. The SMILES string of the molecule is CCOC(=O)Cc1c(C)n(-c2ccnc3ccccc23)c2ccc(OC)cc12. The van der Waals surface area contributed by atoms with E-state index in [1.165, 1.54) is 0 Å². The summed E-state index contributed by atoms with van der Waals surface area (Å²) in [5.41, 5.74) is 4.95. The molecule has 0 atom stereocenters. The van der Waals surface area contributed by atoms with Crippen molar-refractivity contribution >= 4 is 27.8 Å². The Kier molecular flexibility index (Phi) is 4.74. The lowest BCUT2D eigenvalue weighted by atomic mass is 10.1. The number of carbonyl (C=O) groups excluding carboxylic acids is 1. The first kappa shape index (κ1) is 18.0. The van der Waals surface area contributed by atoms with Crippen molar-refractivity contribution in [1.82, 2.24) is 9.55 Å². The minimum atomic E-state index is -0.230. The Balaban J connectivity index is 2.01. The predicted octanol–water partition coefficient (Wildman–Crippen LogP) is 4.60. The van der Waals surface area contributed by atoms with Crippen LogP contribution in [0.3, 0.4) is 0 Å². The number of fused-ring (bicyclic) bond motifs is 2. The van der Waals surface area contributed by atoms with Crippen LogP contribution in [0.1, 0.15) is 18.2 Å². The number of hydrogen-bond donors (Lipinski definition) is 0. The molecule has 0 unspecified atom stereocenters. The molecule has 0 amide bonds. The van der Waals surface area contributed by atoms with Gasteiger partial charge in [-0.15, -0.1) is 0 Å². The Morgan fingerprint density at radius 3 is 2.71 bits per heavy atom. The lowest BCUT2D eigenvalue weighted by Crippen LogP contribution is -2.08. The van der Waals surface area contributed by atoms with Gasteiger partial charge in [-0.25, -0.2) is 0 Å². The van der Waals surface area contributed by atoms with Crippen molar-refractivity contribution in [3.63, 3.8) is 0 Å². The molecule has 0 aliphatic rings. The van der Waals surface area contributed by atoms with Crippen LogP contribution in [0, 0.1) is 6.92 Å². The summed E-state index contributed by atoms with van der Waals surface area (Å²) in [7, 11) is 1.65. The van der Waals surface area contributed by atoms with E-state index in [0.717, 1.165) is 44.5 Å². The van der Waals surface area contributed by atoms with Crippen LogP contribution in [-0.4, -0.2) is 29.2 Å². The molecular weight excluding hydrogens is 352 g/mol. The third-order valence-electron chi connectivity index (χ3n) is 5.04. The van der Waals surface area contributed by atoms with Gasteiger partial charge in [0.05, 0.1) is 36.9 Å². The summed E-state index contributed by atoms with van der Waals surface area (Å²) in [5.74, 6) is 0.529. The number of methoxy groups -OCH3 is 1. The first-order chi connectivity index (χ1) is 13.6. The first-order valence-corrected chi connectivity index (χ1v) is 9.31. The maximum atomic E-state index is 12.2. The number of esters is 1. The van der Waals surface area contributed by atoms with Gasteiger partial charge in [0.1, 0.15) is 5.75 Å². The van der Waals surface area contributed by atoms with Crippen molar-refractivity contribution in [2.24, 2.45) is 0 Å². The molecule has 5 heteroatoms. The second-order valence-corrected chi connectivity index (χ2v) is 6.61. The molecule has 4 aromatic rings. The fraction of sp³-hybridized carbons (Fsp3) is 0.217. The highest BCUT2D eigenvalue weighted by atomic mass is 16.5. The average molecular weight is 374 g/mol. The van der Waals surface area contributed by atoms with Crippen molar-refractivity contribution in [2.75, 3.05) is 13.7 Å². The van der Waals surface area contributed by atoms with Gasteiger partial charge in [-0.3, -0.25) is 9.78 Å². The third-order valence-corrected chi connectivity index (χ3v) is 5.04. The highest BCUT2D eigenvalue weighted by Crippen LogP contribution is 2.34. The second-order valence-electron chi connectivity index (χ2n) is 6.61. The van der Waals surface area contributed by atoms with Crippen molar-refractivity contribution in [2.45, 2.75) is 20.3 Å². The minimum Gasteiger partial charge on any atom is -0.497 e. The van der Waals surface area contributed by atoms with Gasteiger partial charge in [0.15, 0.2) is 0 Å². The zero-order valence-electron chi connectivity index (χ0n) is 16.2. The van der Waals surface area contributed by atoms with E-state index in [-0.39, 0.29) is 12.4 Å². The predicted molar refractivity (Wildman–Crippen MR) is 110 cm³/mol. The molecule has 2 aromatic heterocycles. The Morgan fingerprint density at radius 2 is 1.93 bits per heavy atom. The van der Waals surface area contributed by atoms with Crippen LogP contribution >= 0.6 is 0 Å². The van der Waals surface area contributed by atoms with Gasteiger partial charge < -0.3 is 14.0 Å². The minimum absolute atomic E-state index is 0.222. The number of hydrogen-bond acceptors (Lipinski definition) is 4. The lowest BCUT2D eigenvalue weighted by Gasteiger charge is -2.12. The summed E-state index contributed by atoms with van der Waals surface area (Å²) in [6.07, 6.45) is 2.04. The van der Waals surface area contributed by atoms with Crippen molar-refractivity contribution in [3.8, 4) is 11.4 Å². The summed E-state index contributed by atoms with van der Waals surface area (Å²) >= 11 is 0. The molecule has 0 radical (unpaired) electrons. The van der Waals surface area contributed by atoms with Gasteiger partial charge >= 0.3 is 5.97 Å². The number of carbonyl (C=O) groups is 1. The first-order valence-electron chi connectivity index (χ1n) is 9.31. The zero-order chi connectivity index (χ0) is 19.7. The Hall–Kier alpha value is -3.34. The monoisotopic (exact) mass is 374 g/mol. The second kappa shape index (κ2) is 7.35. The summed E-state index contributed by atoms with van der Waals surface area (Å²) in [5, 5.41) is 2.05. The molecule has 142 valence electrons. The number of para-hydroxylation sites is 1. The molecule has 0 aliphatic carbocycles. The number of rotatable bonds is 5. The van der Waals surface area contributed by atoms with Gasteiger partial charge in [0.2, 0.25) is 0 Å². The van der Waals surface area contributed by atoms with E-state index in [1.54, 1.807) is 7.11 Å². The molecule has 28 heavy (non-hydrogen) atoms. The summed E-state index contributed by atoms with van der Waals surface area (Å²) in [4.78, 5) is 16.7. The van der Waals surface area contributed by atoms with Crippen LogP contribution in [-0.2, 0) is 16.0 Å². The normalized spacial score (nSPS) is 11.1. The molecule has 0 bridgehead atoms. The fourth-order valence-corrected chi connectivity index (χ4v) is 3.76. The average Bonchev–Trinajstić information content (AvgIpc) is 2.98. The molecule has 4 rings (SSSR count). The van der Waals surface area contributed by atoms with Crippen molar-refractivity contribution in [3.05, 3.63) is 66.0 Å². The van der Waals surface area contributed by atoms with E-state index in [4.69, 9.17) is 9.47 Å². The summed E-state index contributed by atoms with van der Waals surface area (Å²) < 4.78 is 12.8. The molecule has 0 spiro atoms. The standard InChI is InChI=1S/C23H22N2O3/c1-4-28-23(26)14-18-15(2)25(21-10-9-16(27-3)13-19(18)21)22-11-12-24-20-8-6-5-7-17(20)22/h5-13H,4,14H2,1-3H3. The van der Waals surface area contributed by atoms with Gasteiger partial charge in [-0.2, -0.15) is 0 Å². The molecule has 0 aliphatic heterocycles. The van der Waals surface area contributed by atoms with Crippen LogP contribution in [0.4, 0.5) is 0 Å². The topological polar surface area (TPSA) is 53.4 Å². The van der Waals surface area contributed by atoms with Gasteiger partial charge in [-0.1, -0.05) is 18.2 Å². The Morgan fingerprint density at radius 1 is 1.11 bits per heavy atom. The van der Waals surface area contributed by atoms with E-state index in [1.807, 2.05) is 62.5 Å². The van der Waals surface area contributed by atoms with Crippen molar-refractivity contribution in [1.29, 1.82) is 0 Å². The highest BCUT2D eigenvalue weighted by Gasteiger charge is 2.20. The van der Waals surface area contributed by atoms with Crippen LogP contribution in [0.2, 0.25) is 0 Å². The van der Waals surface area contributed by atoms with E-state index in [0.29, 0.717) is 6.61 Å². The molecule has 2 heterocycles. The Bertz CT molecular complexity index is 1170. The smallest absolute Gasteiger partial charge is 0.310 e. The van der Waals surface area contributed by atoms with E-state index >= 15 is 0 Å². The summed E-state index contributed by atoms with van der Waals surface area (Å²) in [6.45, 7) is 4.23. The maximum absolute atomic E-state index is 12.2. The fourth-order valence-electron chi connectivity index (χ4n) is 3.76. The van der Waals surface area contributed by atoms with Gasteiger partial charge in [-0.05, 0) is 49.7 Å². The number of pyridine rings is 1. The quantitative estimate of drug-likeness (QED) is 0.479. The maximum Gasteiger partial charge on any atom is 0.310 e. The number of nitrogens with zero attached hydrogens (tertiary/aromatic N) is 2. The lowest BCUT2D eigenvalue weighted by molar-refractivity contribution is -0.142. The third kappa shape index (κ3) is 2.99. The van der Waals surface area contributed by atoms with Crippen molar-refractivity contribution < 1.29 is 14.3 Å². The molecule has 0 N–H and O–H groups in total. The zero-order valence-corrected chi connectivity index (χ0v) is 16.2. The van der Waals surface area contributed by atoms with E-state index in [2.05, 4.69) is 15.6 Å².